The van der Waals surface area contributed by atoms with Gasteiger partial charge in [-0.3, -0.25) is 9.69 Å². The zero-order valence-corrected chi connectivity index (χ0v) is 19.5. The molecule has 0 spiro atoms. The molecule has 1 fully saturated rings. The van der Waals surface area contributed by atoms with Gasteiger partial charge in [-0.15, -0.1) is 0 Å². The second-order valence-corrected chi connectivity index (χ2v) is 8.95. The van der Waals surface area contributed by atoms with E-state index in [0.29, 0.717) is 45.4 Å². The molecule has 4 rings (SSSR count). The second-order valence-electron chi connectivity index (χ2n) is 6.87. The lowest BCUT2D eigenvalue weighted by Crippen LogP contribution is -2.27. The minimum Gasteiger partial charge on any atom is -0.493 e. The predicted molar refractivity (Wildman–Crippen MR) is 136 cm³/mol. The molecule has 32 heavy (non-hydrogen) atoms. The van der Waals surface area contributed by atoms with Crippen molar-refractivity contribution in [3.8, 4) is 11.5 Å². The SMILES string of the molecule is O=C1/C(=C/c2ccccc2OCCCOc2ccccc2Cl)SC(=S)N1c1ccccc1. The third-order valence-corrected chi connectivity index (χ3v) is 6.27. The fraction of sp³-hybridized carbons (Fsp3) is 0.120. The molecule has 1 heterocycles. The number of nitrogens with zero attached hydrogens (tertiary/aromatic N) is 1. The summed E-state index contributed by atoms with van der Waals surface area (Å²) in [7, 11) is 0. The molecular formula is C25H20ClNO3S2. The van der Waals surface area contributed by atoms with Crippen LogP contribution in [0.1, 0.15) is 12.0 Å². The third-order valence-electron chi connectivity index (χ3n) is 4.65. The molecule has 0 atom stereocenters. The number of amides is 1. The Bertz CT molecular complexity index is 1150. The van der Waals surface area contributed by atoms with Crippen LogP contribution in [0.4, 0.5) is 5.69 Å². The largest absolute Gasteiger partial charge is 0.493 e. The molecule has 0 aliphatic carbocycles. The first-order valence-corrected chi connectivity index (χ1v) is 11.7. The lowest BCUT2D eigenvalue weighted by Gasteiger charge is -2.14. The highest BCUT2D eigenvalue weighted by Crippen LogP contribution is 2.37. The summed E-state index contributed by atoms with van der Waals surface area (Å²) in [6.45, 7) is 0.960. The summed E-state index contributed by atoms with van der Waals surface area (Å²) >= 11 is 12.8. The molecular weight excluding hydrogens is 462 g/mol. The maximum atomic E-state index is 13.0. The van der Waals surface area contributed by atoms with Crippen molar-refractivity contribution in [1.82, 2.24) is 0 Å². The number of para-hydroxylation sites is 3. The summed E-state index contributed by atoms with van der Waals surface area (Å²) in [5.74, 6) is 1.24. The fourth-order valence-corrected chi connectivity index (χ4v) is 4.60. The van der Waals surface area contributed by atoms with E-state index in [4.69, 9.17) is 33.3 Å². The zero-order chi connectivity index (χ0) is 22.3. The Morgan fingerprint density at radius 2 is 1.50 bits per heavy atom. The molecule has 0 aromatic heterocycles. The third kappa shape index (κ3) is 5.33. The van der Waals surface area contributed by atoms with Crippen LogP contribution in [-0.4, -0.2) is 23.4 Å². The Labute approximate surface area is 201 Å². The van der Waals surface area contributed by atoms with Crippen LogP contribution in [0.2, 0.25) is 5.02 Å². The van der Waals surface area contributed by atoms with E-state index in [2.05, 4.69) is 0 Å². The van der Waals surface area contributed by atoms with Crippen molar-refractivity contribution in [3.05, 3.63) is 94.4 Å². The molecule has 162 valence electrons. The summed E-state index contributed by atoms with van der Waals surface area (Å²) in [6, 6.07) is 24.4. The van der Waals surface area contributed by atoms with Gasteiger partial charge >= 0.3 is 0 Å². The molecule has 3 aromatic rings. The van der Waals surface area contributed by atoms with Crippen molar-refractivity contribution in [2.24, 2.45) is 0 Å². The van der Waals surface area contributed by atoms with Gasteiger partial charge in [-0.05, 0) is 36.4 Å². The number of ether oxygens (including phenoxy) is 2. The average molecular weight is 482 g/mol. The highest BCUT2D eigenvalue weighted by Gasteiger charge is 2.33. The maximum absolute atomic E-state index is 13.0. The molecule has 0 N–H and O–H groups in total. The fourth-order valence-electron chi connectivity index (χ4n) is 3.12. The van der Waals surface area contributed by atoms with Crippen molar-refractivity contribution >= 4 is 57.6 Å². The molecule has 0 radical (unpaired) electrons. The standard InChI is InChI=1S/C25H20ClNO3S2/c26-20-12-5-7-14-22(20)30-16-8-15-29-21-13-6-4-9-18(21)17-23-24(28)27(25(31)32-23)19-10-2-1-3-11-19/h1-7,9-14,17H,8,15-16H2/b23-17-. The second kappa shape index (κ2) is 10.7. The number of carbonyl (C=O) groups excluding carboxylic acids is 1. The van der Waals surface area contributed by atoms with Crippen molar-refractivity contribution in [2.45, 2.75) is 6.42 Å². The van der Waals surface area contributed by atoms with E-state index in [-0.39, 0.29) is 5.91 Å². The van der Waals surface area contributed by atoms with E-state index in [9.17, 15) is 4.79 Å². The average Bonchev–Trinajstić information content (AvgIpc) is 3.09. The van der Waals surface area contributed by atoms with Crippen LogP contribution in [0.5, 0.6) is 11.5 Å². The molecule has 1 saturated heterocycles. The lowest BCUT2D eigenvalue weighted by molar-refractivity contribution is -0.113. The highest BCUT2D eigenvalue weighted by atomic mass is 35.5. The molecule has 7 heteroatoms. The van der Waals surface area contributed by atoms with E-state index >= 15 is 0 Å². The van der Waals surface area contributed by atoms with Gasteiger partial charge in [0.1, 0.15) is 11.5 Å². The highest BCUT2D eigenvalue weighted by molar-refractivity contribution is 8.27. The van der Waals surface area contributed by atoms with Crippen molar-refractivity contribution in [3.63, 3.8) is 0 Å². The number of thioether (sulfide) groups is 1. The minimum absolute atomic E-state index is 0.130. The zero-order valence-electron chi connectivity index (χ0n) is 17.1. The number of carbonyl (C=O) groups is 1. The Kier molecular flexibility index (Phi) is 7.47. The first-order chi connectivity index (χ1) is 15.6. The summed E-state index contributed by atoms with van der Waals surface area (Å²) in [6.07, 6.45) is 2.52. The number of thiocarbonyl (C=S) groups is 1. The summed E-state index contributed by atoms with van der Waals surface area (Å²) < 4.78 is 12.2. The predicted octanol–water partition coefficient (Wildman–Crippen LogP) is 6.59. The van der Waals surface area contributed by atoms with Crippen molar-refractivity contribution in [1.29, 1.82) is 0 Å². The Morgan fingerprint density at radius 1 is 0.875 bits per heavy atom. The number of rotatable bonds is 8. The van der Waals surface area contributed by atoms with Gasteiger partial charge in [0.05, 0.1) is 28.8 Å². The van der Waals surface area contributed by atoms with Crippen LogP contribution in [0.15, 0.2) is 83.8 Å². The van der Waals surface area contributed by atoms with Crippen LogP contribution in [0.25, 0.3) is 6.08 Å². The number of benzene rings is 3. The van der Waals surface area contributed by atoms with E-state index in [1.54, 1.807) is 11.0 Å². The first-order valence-electron chi connectivity index (χ1n) is 10.1. The van der Waals surface area contributed by atoms with Crippen LogP contribution >= 0.6 is 35.6 Å². The van der Waals surface area contributed by atoms with Crippen LogP contribution < -0.4 is 14.4 Å². The molecule has 4 nitrogen and oxygen atoms in total. The van der Waals surface area contributed by atoms with E-state index in [1.165, 1.54) is 11.8 Å². The molecule has 0 bridgehead atoms. The Balaban J connectivity index is 1.39. The summed E-state index contributed by atoms with van der Waals surface area (Å²) in [5.41, 5.74) is 1.59. The topological polar surface area (TPSA) is 38.8 Å². The van der Waals surface area contributed by atoms with E-state index in [0.717, 1.165) is 11.3 Å². The molecule has 0 saturated carbocycles. The van der Waals surface area contributed by atoms with Gasteiger partial charge in [-0.1, -0.05) is 84.1 Å². The number of halogens is 1. The van der Waals surface area contributed by atoms with Crippen molar-refractivity contribution in [2.75, 3.05) is 18.1 Å². The smallest absolute Gasteiger partial charge is 0.270 e. The monoisotopic (exact) mass is 481 g/mol. The summed E-state index contributed by atoms with van der Waals surface area (Å²) in [5, 5.41) is 0.589. The molecule has 1 aliphatic rings. The Hall–Kier alpha value is -2.80. The minimum atomic E-state index is -0.130. The van der Waals surface area contributed by atoms with Crippen molar-refractivity contribution < 1.29 is 14.3 Å². The first kappa shape index (κ1) is 22.4. The summed E-state index contributed by atoms with van der Waals surface area (Å²) in [4.78, 5) is 15.1. The molecule has 3 aromatic carbocycles. The normalized spacial score (nSPS) is 14.8. The van der Waals surface area contributed by atoms with Gasteiger partial charge in [-0.25, -0.2) is 0 Å². The van der Waals surface area contributed by atoms with Crippen LogP contribution in [0, 0.1) is 0 Å². The molecule has 0 unspecified atom stereocenters. The maximum Gasteiger partial charge on any atom is 0.270 e. The Morgan fingerprint density at radius 3 is 2.25 bits per heavy atom. The van der Waals surface area contributed by atoms with Gasteiger partial charge in [-0.2, -0.15) is 0 Å². The van der Waals surface area contributed by atoms with Crippen LogP contribution in [0.3, 0.4) is 0 Å². The molecule has 1 aliphatic heterocycles. The van der Waals surface area contributed by atoms with E-state index in [1.807, 2.05) is 78.9 Å². The van der Waals surface area contributed by atoms with Gasteiger partial charge < -0.3 is 9.47 Å². The lowest BCUT2D eigenvalue weighted by atomic mass is 10.2. The van der Waals surface area contributed by atoms with E-state index < -0.39 is 0 Å². The quantitative estimate of drug-likeness (QED) is 0.206. The number of hydrogen-bond donors (Lipinski definition) is 0. The van der Waals surface area contributed by atoms with Gasteiger partial charge in [0.15, 0.2) is 4.32 Å². The number of hydrogen-bond acceptors (Lipinski definition) is 5. The number of anilines is 1. The van der Waals surface area contributed by atoms with Gasteiger partial charge in [0.25, 0.3) is 5.91 Å². The molecule has 1 amide bonds. The van der Waals surface area contributed by atoms with Crippen LogP contribution in [-0.2, 0) is 4.79 Å². The van der Waals surface area contributed by atoms with Gasteiger partial charge in [0, 0.05) is 12.0 Å². The van der Waals surface area contributed by atoms with Gasteiger partial charge in [0.2, 0.25) is 0 Å².